The molecule has 3 aromatic rings. The second kappa shape index (κ2) is 11.5. The molecule has 0 bridgehead atoms. The number of nitrogens with two attached hydrogens (primary N) is 2. The van der Waals surface area contributed by atoms with Gasteiger partial charge in [-0.05, 0) is 43.7 Å². The monoisotopic (exact) mass is 532 g/mol. The molecule has 7 N–H and O–H groups in total. The van der Waals surface area contributed by atoms with Crippen LogP contribution in [0.1, 0.15) is 12.8 Å². The first-order chi connectivity index (χ1) is 15.3. The molecule has 13 nitrogen and oxygen atoms in total. The summed E-state index contributed by atoms with van der Waals surface area (Å²) in [7, 11) is -2.26. The minimum atomic E-state index is -3.77. The predicted octanol–water partition coefficient (Wildman–Crippen LogP) is 1.05. The zero-order valence-corrected chi connectivity index (χ0v) is 20.6. The van der Waals surface area contributed by atoms with Crippen LogP contribution >= 0.6 is 24.8 Å². The molecule has 1 aliphatic rings. The van der Waals surface area contributed by atoms with Crippen molar-refractivity contribution in [2.45, 2.75) is 23.8 Å². The zero-order valence-electron chi connectivity index (χ0n) is 18.1. The Balaban J connectivity index is 0.00000204. The van der Waals surface area contributed by atoms with Crippen LogP contribution in [0.4, 0.5) is 23.4 Å². The Morgan fingerprint density at radius 3 is 2.56 bits per heavy atom. The molecule has 2 aromatic heterocycles. The number of rotatable bonds is 7. The zero-order chi connectivity index (χ0) is 22.7. The van der Waals surface area contributed by atoms with Crippen LogP contribution in [0.2, 0.25) is 0 Å². The van der Waals surface area contributed by atoms with E-state index in [0.29, 0.717) is 23.1 Å². The number of halogens is 2. The van der Waals surface area contributed by atoms with E-state index in [1.807, 2.05) is 0 Å². The number of hydrogen-bond donors (Lipinski definition) is 5. The maximum atomic E-state index is 11.4. The van der Waals surface area contributed by atoms with Crippen LogP contribution in [0, 0.1) is 0 Å². The van der Waals surface area contributed by atoms with E-state index in [4.69, 9.17) is 15.6 Å². The van der Waals surface area contributed by atoms with E-state index in [1.54, 1.807) is 12.1 Å². The number of ether oxygens (including phenoxy) is 1. The summed E-state index contributed by atoms with van der Waals surface area (Å²) in [5.41, 5.74) is 6.63. The number of anilines is 4. The van der Waals surface area contributed by atoms with Crippen molar-refractivity contribution in [2.24, 2.45) is 5.14 Å². The average Bonchev–Trinajstić information content (AvgIpc) is 3.13. The number of hydrogen-bond acceptors (Lipinski definition) is 11. The lowest BCUT2D eigenvalue weighted by Crippen LogP contribution is -2.38. The minimum absolute atomic E-state index is 0. The molecule has 1 aliphatic heterocycles. The molecule has 0 spiro atoms. The first-order valence-electron chi connectivity index (χ1n) is 9.84. The highest BCUT2D eigenvalue weighted by atomic mass is 35.5. The third-order valence-electron chi connectivity index (χ3n) is 4.90. The van der Waals surface area contributed by atoms with Crippen LogP contribution < -0.4 is 31.6 Å². The molecule has 1 fully saturated rings. The molecule has 0 radical (unpaired) electrons. The number of piperidine rings is 1. The molecule has 3 heterocycles. The van der Waals surface area contributed by atoms with Crippen LogP contribution in [-0.2, 0) is 10.0 Å². The number of sulfonamides is 1. The number of nitrogen functional groups attached to an aromatic ring is 1. The molecular formula is C18H26Cl2N10O3S. The Kier molecular flexibility index (Phi) is 9.23. The molecule has 1 atom stereocenters. The molecule has 0 unspecified atom stereocenters. The largest absolute Gasteiger partial charge is 0.490 e. The van der Waals surface area contributed by atoms with Crippen molar-refractivity contribution in [3.8, 4) is 11.6 Å². The van der Waals surface area contributed by atoms with Gasteiger partial charge in [-0.1, -0.05) is 0 Å². The summed E-state index contributed by atoms with van der Waals surface area (Å²) in [4.78, 5) is 12.8. The van der Waals surface area contributed by atoms with E-state index in [0.717, 1.165) is 25.9 Å². The van der Waals surface area contributed by atoms with Gasteiger partial charge in [0, 0.05) is 18.3 Å². The summed E-state index contributed by atoms with van der Waals surface area (Å²) in [6.45, 7) is 1.83. The first kappa shape index (κ1) is 27.3. The third-order valence-corrected chi connectivity index (χ3v) is 5.83. The van der Waals surface area contributed by atoms with Gasteiger partial charge in [0.15, 0.2) is 5.82 Å². The van der Waals surface area contributed by atoms with Gasteiger partial charge in [-0.15, -0.1) is 29.9 Å². The van der Waals surface area contributed by atoms with Gasteiger partial charge in [0.2, 0.25) is 33.5 Å². The maximum Gasteiger partial charge on any atom is 0.248 e. The lowest BCUT2D eigenvalue weighted by molar-refractivity contribution is 0.406. The van der Waals surface area contributed by atoms with Gasteiger partial charge in [-0.25, -0.2) is 23.5 Å². The molecule has 0 amide bonds. The van der Waals surface area contributed by atoms with Crippen LogP contribution in [0.5, 0.6) is 5.75 Å². The molecule has 16 heteroatoms. The second-order valence-corrected chi connectivity index (χ2v) is 8.73. The highest BCUT2D eigenvalue weighted by molar-refractivity contribution is 7.89. The van der Waals surface area contributed by atoms with Crippen molar-refractivity contribution >= 4 is 58.2 Å². The van der Waals surface area contributed by atoms with Crippen LogP contribution in [-0.4, -0.2) is 59.4 Å². The van der Waals surface area contributed by atoms with Crippen molar-refractivity contribution in [3.05, 3.63) is 30.6 Å². The molecule has 1 saturated heterocycles. The number of aromatic nitrogens is 5. The van der Waals surface area contributed by atoms with Crippen molar-refractivity contribution in [1.82, 2.24) is 30.0 Å². The van der Waals surface area contributed by atoms with Gasteiger partial charge in [-0.2, -0.15) is 9.67 Å². The molecule has 186 valence electrons. The maximum absolute atomic E-state index is 11.4. The van der Waals surface area contributed by atoms with Crippen molar-refractivity contribution in [3.63, 3.8) is 0 Å². The normalized spacial score (nSPS) is 15.5. The van der Waals surface area contributed by atoms with Gasteiger partial charge in [-0.3, -0.25) is 0 Å². The highest BCUT2D eigenvalue weighted by Gasteiger charge is 2.21. The van der Waals surface area contributed by atoms with Crippen LogP contribution in [0.3, 0.4) is 0 Å². The molecule has 4 rings (SSSR count). The smallest absolute Gasteiger partial charge is 0.248 e. The van der Waals surface area contributed by atoms with Gasteiger partial charge in [0.25, 0.3) is 0 Å². The molecule has 0 saturated carbocycles. The van der Waals surface area contributed by atoms with Gasteiger partial charge in [0.05, 0.1) is 12.0 Å². The van der Waals surface area contributed by atoms with Crippen molar-refractivity contribution in [1.29, 1.82) is 0 Å². The fourth-order valence-electron chi connectivity index (χ4n) is 3.36. The van der Waals surface area contributed by atoms with E-state index in [9.17, 15) is 8.42 Å². The second-order valence-electron chi connectivity index (χ2n) is 7.17. The average molecular weight is 533 g/mol. The lowest BCUT2D eigenvalue weighted by atomic mass is 10.1. The van der Waals surface area contributed by atoms with Gasteiger partial charge >= 0.3 is 0 Å². The standard InChI is InChI=1S/C18H24N10O3S.2ClH/c1-31-14-15(24-12-3-2-8-21-9-12)22-10-23-16(14)28-17(19)26-18(27-28)25-11-4-6-13(7-5-11)32(20,29)30;;/h4-7,10,12,21H,2-3,8-9H2,1H3,(H2,20,29,30)(H,22,23,24)(H3,19,25,26,27);2*1H/t12-;;/m0../s1. The molecule has 34 heavy (non-hydrogen) atoms. The SMILES string of the molecule is COc1c(N[C@H]2CCCNC2)ncnc1-n1nc(Nc2ccc(S(N)(=O)=O)cc2)nc1N.Cl.Cl. The summed E-state index contributed by atoms with van der Waals surface area (Å²) in [6, 6.07) is 6.06. The Morgan fingerprint density at radius 2 is 1.94 bits per heavy atom. The number of primary sulfonamides is 1. The Morgan fingerprint density at radius 1 is 1.21 bits per heavy atom. The molecule has 1 aromatic carbocycles. The first-order valence-corrected chi connectivity index (χ1v) is 11.4. The van der Waals surface area contributed by atoms with E-state index >= 15 is 0 Å². The highest BCUT2D eigenvalue weighted by Crippen LogP contribution is 2.30. The summed E-state index contributed by atoms with van der Waals surface area (Å²) in [5, 5.41) is 19.2. The molecule has 0 aliphatic carbocycles. The van der Waals surface area contributed by atoms with Gasteiger partial charge in [0.1, 0.15) is 6.33 Å². The van der Waals surface area contributed by atoms with Crippen molar-refractivity contribution < 1.29 is 13.2 Å². The fourth-order valence-corrected chi connectivity index (χ4v) is 3.88. The van der Waals surface area contributed by atoms with E-state index in [-0.39, 0.29) is 47.6 Å². The van der Waals surface area contributed by atoms with E-state index < -0.39 is 10.0 Å². The summed E-state index contributed by atoms with van der Waals surface area (Å²) >= 11 is 0. The number of methoxy groups -OCH3 is 1. The topological polar surface area (TPSA) is 188 Å². The Labute approximate surface area is 209 Å². The number of nitrogens with one attached hydrogen (secondary N) is 3. The lowest BCUT2D eigenvalue weighted by Gasteiger charge is -2.25. The number of nitrogens with zero attached hydrogens (tertiary/aromatic N) is 5. The molecular weight excluding hydrogens is 507 g/mol. The fraction of sp³-hybridized carbons (Fsp3) is 0.333. The summed E-state index contributed by atoms with van der Waals surface area (Å²) < 4.78 is 29.7. The van der Waals surface area contributed by atoms with E-state index in [1.165, 1.54) is 30.3 Å². The van der Waals surface area contributed by atoms with Gasteiger partial charge < -0.3 is 26.4 Å². The van der Waals surface area contributed by atoms with Crippen LogP contribution in [0.25, 0.3) is 5.82 Å². The summed E-state index contributed by atoms with van der Waals surface area (Å²) in [5.74, 6) is 1.53. The Bertz CT molecular complexity index is 1200. The summed E-state index contributed by atoms with van der Waals surface area (Å²) in [6.07, 6.45) is 3.48. The number of benzene rings is 1. The predicted molar refractivity (Wildman–Crippen MR) is 133 cm³/mol. The third kappa shape index (κ3) is 6.15. The minimum Gasteiger partial charge on any atom is -0.490 e. The Hall–Kier alpha value is -2.91. The van der Waals surface area contributed by atoms with E-state index in [2.05, 4.69) is 36.0 Å². The van der Waals surface area contributed by atoms with Crippen LogP contribution in [0.15, 0.2) is 35.5 Å². The quantitative estimate of drug-likeness (QED) is 0.292. The van der Waals surface area contributed by atoms with Crippen molar-refractivity contribution in [2.75, 3.05) is 36.6 Å².